The number of carbonyl (C=O) groups is 2. The van der Waals surface area contributed by atoms with E-state index in [2.05, 4.69) is 10.3 Å². The Kier molecular flexibility index (Phi) is 6.31. The molecule has 0 saturated heterocycles. The van der Waals surface area contributed by atoms with Crippen LogP contribution in [0.2, 0.25) is 0 Å². The minimum atomic E-state index is -0.613. The zero-order valence-corrected chi connectivity index (χ0v) is 18.9. The van der Waals surface area contributed by atoms with Crippen molar-refractivity contribution in [2.75, 3.05) is 12.4 Å². The van der Waals surface area contributed by atoms with Crippen molar-refractivity contribution < 1.29 is 23.8 Å². The minimum Gasteiger partial charge on any atom is -0.496 e. The van der Waals surface area contributed by atoms with Gasteiger partial charge in [0.1, 0.15) is 23.0 Å². The maximum Gasteiger partial charge on any atom is 0.417 e. The van der Waals surface area contributed by atoms with Gasteiger partial charge in [-0.15, -0.1) is 0 Å². The van der Waals surface area contributed by atoms with E-state index in [0.717, 1.165) is 11.1 Å². The summed E-state index contributed by atoms with van der Waals surface area (Å²) in [7, 11) is 1.46. The van der Waals surface area contributed by atoms with E-state index in [0.29, 0.717) is 39.6 Å². The number of ether oxygens (including phenoxy) is 3. The molecule has 0 atom stereocenters. The quantitative estimate of drug-likeness (QED) is 0.403. The third-order valence-corrected chi connectivity index (χ3v) is 5.22. The van der Waals surface area contributed by atoms with Gasteiger partial charge in [0, 0.05) is 23.3 Å². The number of amides is 2. The van der Waals surface area contributed by atoms with Gasteiger partial charge in [-0.3, -0.25) is 15.1 Å². The van der Waals surface area contributed by atoms with Crippen molar-refractivity contribution in [3.8, 4) is 23.0 Å². The molecule has 3 N–H and O–H groups in total. The summed E-state index contributed by atoms with van der Waals surface area (Å²) in [5.74, 6) is 1.27. The molecule has 0 fully saturated rings. The van der Waals surface area contributed by atoms with Crippen molar-refractivity contribution in [1.82, 2.24) is 4.98 Å². The molecule has 4 rings (SSSR count). The van der Waals surface area contributed by atoms with Crippen LogP contribution < -0.4 is 25.3 Å². The van der Waals surface area contributed by atoms with Crippen LogP contribution in [0.4, 0.5) is 10.5 Å². The average Bonchev–Trinajstić information content (AvgIpc) is 2.82. The molecule has 8 heteroatoms. The second-order valence-corrected chi connectivity index (χ2v) is 7.61. The van der Waals surface area contributed by atoms with Gasteiger partial charge in [0.15, 0.2) is 0 Å². The monoisotopic (exact) mass is 457 g/mol. The van der Waals surface area contributed by atoms with Gasteiger partial charge < -0.3 is 19.9 Å². The van der Waals surface area contributed by atoms with Crippen molar-refractivity contribution in [2.24, 2.45) is 5.73 Å². The molecule has 4 aromatic rings. The molecule has 8 nitrogen and oxygen atoms in total. The summed E-state index contributed by atoms with van der Waals surface area (Å²) < 4.78 is 16.8. The van der Waals surface area contributed by atoms with Gasteiger partial charge >= 0.3 is 6.09 Å². The highest BCUT2D eigenvalue weighted by atomic mass is 16.6. The summed E-state index contributed by atoms with van der Waals surface area (Å²) in [6.45, 7) is 3.72. The van der Waals surface area contributed by atoms with E-state index in [4.69, 9.17) is 19.9 Å². The Bertz CT molecular complexity index is 1390. The highest BCUT2D eigenvalue weighted by molar-refractivity contribution is 6.01. The van der Waals surface area contributed by atoms with Gasteiger partial charge in [-0.2, -0.15) is 0 Å². The van der Waals surface area contributed by atoms with E-state index < -0.39 is 12.0 Å². The number of nitrogens with zero attached hydrogens (tertiary/aromatic N) is 1. The molecule has 0 bridgehead atoms. The lowest BCUT2D eigenvalue weighted by molar-refractivity contribution is 0.0997. The smallest absolute Gasteiger partial charge is 0.417 e. The fraction of sp³-hybridized carbons (Fsp3) is 0.115. The SMILES string of the molecule is COc1cc2nccc(Oc3cc(C)c(NC(=O)Oc4ccccc4)cc3C)c2cc1C(N)=O. The number of nitrogens with two attached hydrogens (primary N) is 1. The highest BCUT2D eigenvalue weighted by Crippen LogP contribution is 2.35. The number of fused-ring (bicyclic) bond motifs is 1. The van der Waals surface area contributed by atoms with Gasteiger partial charge in [-0.1, -0.05) is 18.2 Å². The first-order chi connectivity index (χ1) is 16.4. The predicted molar refractivity (Wildman–Crippen MR) is 129 cm³/mol. The fourth-order valence-electron chi connectivity index (χ4n) is 3.48. The first kappa shape index (κ1) is 22.6. The number of aryl methyl sites for hydroxylation is 2. The number of methoxy groups -OCH3 is 1. The molecule has 34 heavy (non-hydrogen) atoms. The van der Waals surface area contributed by atoms with Gasteiger partial charge in [0.05, 0.1) is 18.2 Å². The van der Waals surface area contributed by atoms with E-state index >= 15 is 0 Å². The molecule has 0 saturated carbocycles. The molecule has 0 aliphatic heterocycles. The fourth-order valence-corrected chi connectivity index (χ4v) is 3.48. The van der Waals surface area contributed by atoms with Crippen molar-refractivity contribution in [3.63, 3.8) is 0 Å². The number of nitrogens with one attached hydrogen (secondary N) is 1. The number of hydrogen-bond acceptors (Lipinski definition) is 6. The number of rotatable bonds is 6. The summed E-state index contributed by atoms with van der Waals surface area (Å²) in [5.41, 5.74) is 8.50. The molecular formula is C26H23N3O5. The van der Waals surface area contributed by atoms with Crippen LogP contribution in [0.3, 0.4) is 0 Å². The molecule has 3 aromatic carbocycles. The number of benzene rings is 3. The van der Waals surface area contributed by atoms with Gasteiger partial charge in [0.2, 0.25) is 0 Å². The van der Waals surface area contributed by atoms with E-state index in [1.807, 2.05) is 26.0 Å². The van der Waals surface area contributed by atoms with E-state index in [9.17, 15) is 9.59 Å². The Morgan fingerprint density at radius 1 is 0.912 bits per heavy atom. The highest BCUT2D eigenvalue weighted by Gasteiger charge is 2.16. The van der Waals surface area contributed by atoms with Crippen LogP contribution in [-0.2, 0) is 0 Å². The third-order valence-electron chi connectivity index (χ3n) is 5.22. The lowest BCUT2D eigenvalue weighted by atomic mass is 10.1. The summed E-state index contributed by atoms with van der Waals surface area (Å²) in [6.07, 6.45) is 1.02. The normalized spacial score (nSPS) is 10.6. The molecule has 172 valence electrons. The maximum absolute atomic E-state index is 12.3. The standard InChI is InChI=1S/C26H23N3O5/c1-15-12-23(16(2)11-20(15)29-26(31)33-17-7-5-4-6-8-17)34-22-9-10-28-21-14-24(32-3)19(25(27)30)13-18(21)22/h4-14H,1-3H3,(H2,27,30)(H,29,31). The topological polar surface area (TPSA) is 113 Å². The summed E-state index contributed by atoms with van der Waals surface area (Å²) in [4.78, 5) is 28.5. The largest absolute Gasteiger partial charge is 0.496 e. The minimum absolute atomic E-state index is 0.234. The molecule has 0 aliphatic carbocycles. The van der Waals surface area contributed by atoms with Crippen molar-refractivity contribution in [2.45, 2.75) is 13.8 Å². The molecule has 0 spiro atoms. The second-order valence-electron chi connectivity index (χ2n) is 7.61. The number of carbonyl (C=O) groups excluding carboxylic acids is 2. The van der Waals surface area contributed by atoms with Gasteiger partial charge in [-0.25, -0.2) is 4.79 Å². The van der Waals surface area contributed by atoms with Crippen LogP contribution in [0, 0.1) is 13.8 Å². The zero-order valence-electron chi connectivity index (χ0n) is 18.9. The lowest BCUT2D eigenvalue weighted by Gasteiger charge is -2.16. The first-order valence-corrected chi connectivity index (χ1v) is 10.4. The zero-order chi connectivity index (χ0) is 24.2. The van der Waals surface area contributed by atoms with Crippen LogP contribution in [0.25, 0.3) is 10.9 Å². The Balaban J connectivity index is 1.61. The average molecular weight is 457 g/mol. The maximum atomic E-state index is 12.3. The van der Waals surface area contributed by atoms with E-state index in [1.54, 1.807) is 54.7 Å². The third kappa shape index (κ3) is 4.75. The Morgan fingerprint density at radius 3 is 2.38 bits per heavy atom. The van der Waals surface area contributed by atoms with Crippen LogP contribution in [0.15, 0.2) is 66.9 Å². The Labute approximate surface area is 196 Å². The van der Waals surface area contributed by atoms with E-state index in [1.165, 1.54) is 7.11 Å². The summed E-state index contributed by atoms with van der Waals surface area (Å²) >= 11 is 0. The number of primary amides is 1. The summed E-state index contributed by atoms with van der Waals surface area (Å²) in [6, 6.07) is 17.4. The first-order valence-electron chi connectivity index (χ1n) is 10.4. The molecule has 0 unspecified atom stereocenters. The Morgan fingerprint density at radius 2 is 1.68 bits per heavy atom. The Hall–Kier alpha value is -4.59. The van der Waals surface area contributed by atoms with E-state index in [-0.39, 0.29) is 5.56 Å². The number of anilines is 1. The number of para-hydroxylation sites is 1. The molecule has 1 aromatic heterocycles. The van der Waals surface area contributed by atoms with Crippen molar-refractivity contribution in [1.29, 1.82) is 0 Å². The molecule has 1 heterocycles. The van der Waals surface area contributed by atoms with Gasteiger partial charge in [0.25, 0.3) is 5.91 Å². The van der Waals surface area contributed by atoms with Crippen LogP contribution in [-0.4, -0.2) is 24.1 Å². The number of hydrogen-bond donors (Lipinski definition) is 2. The molecular weight excluding hydrogens is 434 g/mol. The van der Waals surface area contributed by atoms with Crippen LogP contribution >= 0.6 is 0 Å². The summed E-state index contributed by atoms with van der Waals surface area (Å²) in [5, 5.41) is 3.37. The molecule has 0 aliphatic rings. The molecule has 0 radical (unpaired) electrons. The molecule has 2 amide bonds. The van der Waals surface area contributed by atoms with Crippen molar-refractivity contribution >= 4 is 28.6 Å². The second kappa shape index (κ2) is 9.50. The lowest BCUT2D eigenvalue weighted by Crippen LogP contribution is -2.17. The van der Waals surface area contributed by atoms with Crippen LogP contribution in [0.5, 0.6) is 23.0 Å². The van der Waals surface area contributed by atoms with Crippen LogP contribution in [0.1, 0.15) is 21.5 Å². The predicted octanol–water partition coefficient (Wildman–Crippen LogP) is 5.36. The van der Waals surface area contributed by atoms with Gasteiger partial charge in [-0.05, 0) is 61.4 Å². The van der Waals surface area contributed by atoms with Crippen molar-refractivity contribution in [3.05, 3.63) is 83.6 Å². The number of pyridine rings is 1. The number of aromatic nitrogens is 1.